The zero-order chi connectivity index (χ0) is 15.4. The summed E-state index contributed by atoms with van der Waals surface area (Å²) in [6.07, 6.45) is 16.5. The van der Waals surface area contributed by atoms with Crippen LogP contribution in [0.3, 0.4) is 0 Å². The van der Waals surface area contributed by atoms with Gasteiger partial charge in [0.25, 0.3) is 0 Å². The Morgan fingerprint density at radius 2 is 2.14 bits per heavy atom. The lowest BCUT2D eigenvalue weighted by atomic mass is 9.86. The number of rotatable bonds is 4. The van der Waals surface area contributed by atoms with Gasteiger partial charge in [-0.3, -0.25) is 12.6 Å². The number of hydrogen-bond acceptors (Lipinski definition) is 3. The third-order valence-electron chi connectivity index (χ3n) is 4.12. The van der Waals surface area contributed by atoms with Crippen LogP contribution < -0.4 is 0 Å². The van der Waals surface area contributed by atoms with Crippen LogP contribution in [0.4, 0.5) is 0 Å². The van der Waals surface area contributed by atoms with E-state index < -0.39 is 0 Å². The lowest BCUT2D eigenvalue weighted by Gasteiger charge is -2.18. The van der Waals surface area contributed by atoms with Crippen LogP contribution in [0.1, 0.15) is 37.7 Å². The monoisotopic (exact) mass is 407 g/mol. The van der Waals surface area contributed by atoms with Crippen molar-refractivity contribution in [2.75, 3.05) is 0 Å². The highest BCUT2D eigenvalue weighted by Gasteiger charge is 2.18. The van der Waals surface area contributed by atoms with Gasteiger partial charge in [-0.25, -0.2) is 4.98 Å². The first kappa shape index (κ1) is 15.4. The van der Waals surface area contributed by atoms with Crippen LogP contribution in [-0.2, 0) is 4.79 Å². The minimum absolute atomic E-state index is 0.207. The summed E-state index contributed by atoms with van der Waals surface area (Å²) >= 11 is 2.17. The molecule has 2 aromatic heterocycles. The van der Waals surface area contributed by atoms with E-state index in [4.69, 9.17) is 0 Å². The molecule has 2 aromatic rings. The Hall–Kier alpha value is -1.50. The van der Waals surface area contributed by atoms with E-state index in [2.05, 4.69) is 32.8 Å². The first-order valence-corrected chi connectivity index (χ1v) is 8.57. The average Bonchev–Trinajstić information content (AvgIpc) is 3.00. The van der Waals surface area contributed by atoms with E-state index in [9.17, 15) is 4.79 Å². The van der Waals surface area contributed by atoms with Gasteiger partial charge in [0.15, 0.2) is 5.78 Å². The van der Waals surface area contributed by atoms with Crippen LogP contribution in [0.15, 0.2) is 37.1 Å². The summed E-state index contributed by atoms with van der Waals surface area (Å²) in [6, 6.07) is 1.93. The second-order valence-electron chi connectivity index (χ2n) is 5.64. The van der Waals surface area contributed by atoms with E-state index in [1.807, 2.05) is 21.1 Å². The molecule has 5 heteroatoms. The summed E-state index contributed by atoms with van der Waals surface area (Å²) in [5, 5.41) is 0. The zero-order valence-electron chi connectivity index (χ0n) is 12.3. The van der Waals surface area contributed by atoms with Gasteiger partial charge < -0.3 is 0 Å². The van der Waals surface area contributed by atoms with Gasteiger partial charge >= 0.3 is 0 Å². The summed E-state index contributed by atoms with van der Waals surface area (Å²) in [6.45, 7) is 0. The highest BCUT2D eigenvalue weighted by molar-refractivity contribution is 14.1. The zero-order valence-corrected chi connectivity index (χ0v) is 14.4. The molecular formula is C17H18IN3O. The van der Waals surface area contributed by atoms with Gasteiger partial charge in [0.2, 0.25) is 0 Å². The van der Waals surface area contributed by atoms with Crippen molar-refractivity contribution in [3.63, 3.8) is 0 Å². The van der Waals surface area contributed by atoms with Gasteiger partial charge in [0, 0.05) is 35.6 Å². The number of allylic oxidation sites excluding steroid dienone is 1. The van der Waals surface area contributed by atoms with Crippen LogP contribution in [0, 0.1) is 5.92 Å². The third-order valence-corrected chi connectivity index (χ3v) is 4.64. The third kappa shape index (κ3) is 3.63. The minimum Gasteiger partial charge on any atom is -0.295 e. The van der Waals surface area contributed by atoms with Crippen molar-refractivity contribution in [3.05, 3.63) is 42.6 Å². The van der Waals surface area contributed by atoms with Crippen LogP contribution in [0.25, 0.3) is 17.3 Å². The van der Waals surface area contributed by atoms with Gasteiger partial charge in [0.1, 0.15) is 6.33 Å². The topological polar surface area (TPSA) is 47.8 Å². The SMILES string of the molecule is O=C(/C=C/c1cnccc1-c1cn(I)cn1)C1CCCCC1. The summed E-state index contributed by atoms with van der Waals surface area (Å²) in [5.41, 5.74) is 2.82. The highest BCUT2D eigenvalue weighted by Crippen LogP contribution is 2.26. The summed E-state index contributed by atoms with van der Waals surface area (Å²) < 4.78 is 1.88. The number of imidazole rings is 1. The van der Waals surface area contributed by atoms with Gasteiger partial charge in [-0.2, -0.15) is 0 Å². The van der Waals surface area contributed by atoms with E-state index in [0.717, 1.165) is 29.7 Å². The lowest BCUT2D eigenvalue weighted by molar-refractivity contribution is -0.119. The number of carbonyl (C=O) groups is 1. The van der Waals surface area contributed by atoms with Crippen molar-refractivity contribution in [3.8, 4) is 11.3 Å². The number of nitrogens with zero attached hydrogens (tertiary/aromatic N) is 3. The molecule has 0 radical (unpaired) electrons. The smallest absolute Gasteiger partial charge is 0.158 e. The fourth-order valence-electron chi connectivity index (χ4n) is 2.91. The number of halogens is 1. The molecule has 0 amide bonds. The van der Waals surface area contributed by atoms with Crippen molar-refractivity contribution >= 4 is 34.7 Å². The molecule has 0 saturated heterocycles. The molecule has 0 atom stereocenters. The number of hydrogen-bond donors (Lipinski definition) is 0. The molecule has 0 aliphatic heterocycles. The molecule has 0 N–H and O–H groups in total. The molecule has 0 unspecified atom stereocenters. The van der Waals surface area contributed by atoms with Gasteiger partial charge in [0.05, 0.1) is 28.6 Å². The Morgan fingerprint density at radius 1 is 1.32 bits per heavy atom. The maximum absolute atomic E-state index is 12.3. The number of pyridine rings is 1. The van der Waals surface area contributed by atoms with Gasteiger partial charge in [-0.05, 0) is 31.1 Å². The maximum Gasteiger partial charge on any atom is 0.158 e. The molecule has 4 nitrogen and oxygen atoms in total. The number of ketones is 1. The van der Waals surface area contributed by atoms with Gasteiger partial charge in [-0.1, -0.05) is 19.3 Å². The first-order valence-electron chi connectivity index (χ1n) is 7.60. The van der Waals surface area contributed by atoms with Crippen molar-refractivity contribution in [1.29, 1.82) is 0 Å². The van der Waals surface area contributed by atoms with E-state index >= 15 is 0 Å². The summed E-state index contributed by atoms with van der Waals surface area (Å²) in [7, 11) is 0. The van der Waals surface area contributed by atoms with E-state index in [0.29, 0.717) is 0 Å². The molecule has 3 rings (SSSR count). The molecule has 0 bridgehead atoms. The van der Waals surface area contributed by atoms with Crippen molar-refractivity contribution < 1.29 is 4.79 Å². The molecule has 1 saturated carbocycles. The normalized spacial score (nSPS) is 16.2. The molecule has 1 fully saturated rings. The van der Waals surface area contributed by atoms with Crippen LogP contribution in [0.2, 0.25) is 0 Å². The highest BCUT2D eigenvalue weighted by atomic mass is 127. The molecular weight excluding hydrogens is 389 g/mol. The molecule has 0 spiro atoms. The number of aromatic nitrogens is 3. The molecule has 1 aliphatic carbocycles. The Morgan fingerprint density at radius 3 is 2.86 bits per heavy atom. The predicted octanol–water partition coefficient (Wildman–Crippen LogP) is 4.31. The molecule has 1 aliphatic rings. The second kappa shape index (κ2) is 7.17. The van der Waals surface area contributed by atoms with Crippen molar-refractivity contribution in [2.24, 2.45) is 5.92 Å². The Balaban J connectivity index is 1.80. The standard InChI is InChI=1S/C17H18IN3O/c18-21-11-16(20-12-21)15-8-9-19-10-14(15)6-7-17(22)13-4-2-1-3-5-13/h6-13H,1-5H2/b7-6+. The Bertz CT molecular complexity index is 687. The summed E-state index contributed by atoms with van der Waals surface area (Å²) in [5.74, 6) is 0.451. The lowest BCUT2D eigenvalue weighted by Crippen LogP contribution is -2.15. The minimum atomic E-state index is 0.207. The van der Waals surface area contributed by atoms with E-state index in [1.165, 1.54) is 19.3 Å². The Kier molecular flexibility index (Phi) is 5.02. The van der Waals surface area contributed by atoms with Crippen LogP contribution in [-0.4, -0.2) is 18.5 Å². The largest absolute Gasteiger partial charge is 0.295 e. The molecule has 0 aromatic carbocycles. The first-order chi connectivity index (χ1) is 10.7. The quantitative estimate of drug-likeness (QED) is 0.561. The van der Waals surface area contributed by atoms with Gasteiger partial charge in [-0.15, -0.1) is 0 Å². The molecule has 2 heterocycles. The van der Waals surface area contributed by atoms with Crippen molar-refractivity contribution in [1.82, 2.24) is 12.7 Å². The van der Waals surface area contributed by atoms with E-state index in [1.54, 1.807) is 24.8 Å². The molecule has 22 heavy (non-hydrogen) atoms. The van der Waals surface area contributed by atoms with Crippen LogP contribution >= 0.6 is 22.9 Å². The fraction of sp³-hybridized carbons (Fsp3) is 0.353. The summed E-state index contributed by atoms with van der Waals surface area (Å²) in [4.78, 5) is 20.8. The molecule has 114 valence electrons. The van der Waals surface area contributed by atoms with Crippen molar-refractivity contribution in [2.45, 2.75) is 32.1 Å². The fourth-order valence-corrected chi connectivity index (χ4v) is 3.30. The predicted molar refractivity (Wildman–Crippen MR) is 95.5 cm³/mol. The van der Waals surface area contributed by atoms with Crippen LogP contribution in [0.5, 0.6) is 0 Å². The Labute approximate surface area is 144 Å². The average molecular weight is 407 g/mol. The number of carbonyl (C=O) groups excluding carboxylic acids is 1. The maximum atomic E-state index is 12.3. The van der Waals surface area contributed by atoms with E-state index in [-0.39, 0.29) is 11.7 Å². The second-order valence-corrected chi connectivity index (χ2v) is 6.75.